The molecule has 0 aliphatic rings. The minimum Gasteiger partial charge on any atom is -0.497 e. The summed E-state index contributed by atoms with van der Waals surface area (Å²) >= 11 is 5.73. The third kappa shape index (κ3) is 16.6. The first kappa shape index (κ1) is 34.6. The van der Waals surface area contributed by atoms with Crippen LogP contribution in [0.3, 0.4) is 0 Å². The molecule has 0 aliphatic heterocycles. The summed E-state index contributed by atoms with van der Waals surface area (Å²) in [6, 6.07) is 8.07. The van der Waals surface area contributed by atoms with E-state index >= 15 is 0 Å². The molecule has 1 aromatic carbocycles. The molecule has 0 amide bonds. The SMILES string of the molecule is C/C=C(\C=C/CCl)/C=N/N(Cc1cccc(OC)c1)/C(=C/C)CCNC.CC.CC.CC. The molecule has 0 aromatic heterocycles. The number of methoxy groups -OCH3 is 1. The van der Waals surface area contributed by atoms with Crippen molar-refractivity contribution in [3.8, 4) is 5.75 Å². The van der Waals surface area contributed by atoms with Gasteiger partial charge in [0.05, 0.1) is 19.9 Å². The van der Waals surface area contributed by atoms with Crippen LogP contribution in [0.4, 0.5) is 0 Å². The number of alkyl halides is 1. The van der Waals surface area contributed by atoms with Crippen molar-refractivity contribution in [3.63, 3.8) is 0 Å². The topological polar surface area (TPSA) is 36.9 Å². The quantitative estimate of drug-likeness (QED) is 0.156. The maximum Gasteiger partial charge on any atom is 0.119 e. The molecule has 0 aliphatic carbocycles. The zero-order valence-corrected chi connectivity index (χ0v) is 23.0. The third-order valence-electron chi connectivity index (χ3n) is 3.84. The Hall–Kier alpha value is -2.04. The highest BCUT2D eigenvalue weighted by molar-refractivity contribution is 6.18. The zero-order valence-electron chi connectivity index (χ0n) is 22.2. The number of benzene rings is 1. The average Bonchev–Trinajstić information content (AvgIpc) is 2.88. The standard InChI is InChI=1S/C21H30ClN3O.3C2H6/c1-5-18(10-8-13-22)16-24-25(20(6-2)12-14-23-3)17-19-9-7-11-21(15-19)26-4;3*1-2/h5-11,15-16,23H,12-14,17H2,1-4H3;3*1-2H3/b10-8-,18-5+,20-6+,24-16+;;;. The van der Waals surface area contributed by atoms with Gasteiger partial charge in [-0.15, -0.1) is 11.6 Å². The minimum absolute atomic E-state index is 0.487. The summed E-state index contributed by atoms with van der Waals surface area (Å²) in [4.78, 5) is 0. The van der Waals surface area contributed by atoms with Gasteiger partial charge in [0.2, 0.25) is 0 Å². The molecule has 0 bridgehead atoms. The highest BCUT2D eigenvalue weighted by Gasteiger charge is 2.09. The van der Waals surface area contributed by atoms with E-state index < -0.39 is 0 Å². The number of hydrazone groups is 1. The Morgan fingerprint density at radius 1 is 1.09 bits per heavy atom. The van der Waals surface area contributed by atoms with E-state index in [1.54, 1.807) is 7.11 Å². The molecule has 0 saturated heterocycles. The normalized spacial score (nSPS) is 11.1. The van der Waals surface area contributed by atoms with Crippen molar-refractivity contribution in [2.24, 2.45) is 5.10 Å². The van der Waals surface area contributed by atoms with Crippen LogP contribution in [0.5, 0.6) is 5.75 Å². The molecule has 5 heteroatoms. The van der Waals surface area contributed by atoms with Gasteiger partial charge in [-0.2, -0.15) is 5.10 Å². The van der Waals surface area contributed by atoms with Gasteiger partial charge in [0.15, 0.2) is 0 Å². The number of nitrogens with zero attached hydrogens (tertiary/aromatic N) is 2. The lowest BCUT2D eigenvalue weighted by molar-refractivity contribution is 0.342. The van der Waals surface area contributed by atoms with Crippen LogP contribution in [0, 0.1) is 0 Å². The summed E-state index contributed by atoms with van der Waals surface area (Å²) in [5, 5.41) is 9.96. The molecule has 0 fully saturated rings. The van der Waals surface area contributed by atoms with Gasteiger partial charge in [-0.25, -0.2) is 0 Å². The maximum atomic E-state index is 5.73. The second-order valence-corrected chi connectivity index (χ2v) is 5.94. The monoisotopic (exact) mass is 465 g/mol. The smallest absolute Gasteiger partial charge is 0.119 e. The highest BCUT2D eigenvalue weighted by Crippen LogP contribution is 2.18. The Balaban J connectivity index is -0.00000129. The molecule has 184 valence electrons. The second kappa shape index (κ2) is 27.0. The highest BCUT2D eigenvalue weighted by atomic mass is 35.5. The van der Waals surface area contributed by atoms with Gasteiger partial charge in [-0.05, 0) is 44.2 Å². The second-order valence-electron chi connectivity index (χ2n) is 5.63. The summed E-state index contributed by atoms with van der Waals surface area (Å²) in [6.07, 6.45) is 10.8. The van der Waals surface area contributed by atoms with E-state index in [1.807, 2.05) is 110 Å². The molecule has 0 radical (unpaired) electrons. The number of allylic oxidation sites excluding steroid dienone is 5. The number of hydrogen-bond donors (Lipinski definition) is 1. The van der Waals surface area contributed by atoms with Gasteiger partial charge in [0.25, 0.3) is 0 Å². The van der Waals surface area contributed by atoms with E-state index in [0.29, 0.717) is 12.4 Å². The fraction of sp³-hybridized carbons (Fsp3) is 0.519. The predicted molar refractivity (Wildman–Crippen MR) is 147 cm³/mol. The van der Waals surface area contributed by atoms with Crippen LogP contribution in [-0.2, 0) is 6.54 Å². The molecule has 4 nitrogen and oxygen atoms in total. The first-order valence-corrected chi connectivity index (χ1v) is 12.3. The van der Waals surface area contributed by atoms with Crippen LogP contribution < -0.4 is 10.1 Å². The number of hydrogen-bond acceptors (Lipinski definition) is 4. The summed E-state index contributed by atoms with van der Waals surface area (Å²) < 4.78 is 5.34. The average molecular weight is 466 g/mol. The molecule has 1 aromatic rings. The van der Waals surface area contributed by atoms with E-state index in [2.05, 4.69) is 17.5 Å². The van der Waals surface area contributed by atoms with Crippen LogP contribution in [-0.4, -0.2) is 37.8 Å². The molecular formula is C27H48ClN3O. The van der Waals surface area contributed by atoms with E-state index in [4.69, 9.17) is 21.4 Å². The van der Waals surface area contributed by atoms with Crippen molar-refractivity contribution in [1.82, 2.24) is 10.3 Å². The van der Waals surface area contributed by atoms with Gasteiger partial charge in [0.1, 0.15) is 5.75 Å². The van der Waals surface area contributed by atoms with Gasteiger partial charge in [-0.3, -0.25) is 5.01 Å². The van der Waals surface area contributed by atoms with Gasteiger partial charge >= 0.3 is 0 Å². The van der Waals surface area contributed by atoms with E-state index in [1.165, 1.54) is 0 Å². The molecule has 32 heavy (non-hydrogen) atoms. The number of ether oxygens (including phenoxy) is 1. The van der Waals surface area contributed by atoms with Crippen LogP contribution in [0.1, 0.15) is 67.4 Å². The number of rotatable bonds is 11. The van der Waals surface area contributed by atoms with Crippen molar-refractivity contribution in [3.05, 3.63) is 65.4 Å². The van der Waals surface area contributed by atoms with E-state index in [0.717, 1.165) is 35.5 Å². The fourth-order valence-corrected chi connectivity index (χ4v) is 2.46. The number of nitrogens with one attached hydrogen (secondary N) is 1. The van der Waals surface area contributed by atoms with E-state index in [9.17, 15) is 0 Å². The van der Waals surface area contributed by atoms with Gasteiger partial charge in [-0.1, -0.05) is 78.0 Å². The Morgan fingerprint density at radius 3 is 2.25 bits per heavy atom. The predicted octanol–water partition coefficient (Wildman–Crippen LogP) is 7.82. The Morgan fingerprint density at radius 2 is 1.75 bits per heavy atom. The van der Waals surface area contributed by atoms with Crippen molar-refractivity contribution in [2.75, 3.05) is 26.6 Å². The van der Waals surface area contributed by atoms with Crippen LogP contribution >= 0.6 is 11.6 Å². The molecule has 0 atom stereocenters. The molecule has 0 saturated carbocycles. The molecule has 1 rings (SSSR count). The minimum atomic E-state index is 0.487. The number of halogens is 1. The Kier molecular flexibility index (Phi) is 29.2. The Bertz CT molecular complexity index is 652. The van der Waals surface area contributed by atoms with Crippen molar-refractivity contribution >= 4 is 17.8 Å². The third-order valence-corrected chi connectivity index (χ3v) is 4.02. The fourth-order valence-electron chi connectivity index (χ4n) is 2.37. The summed E-state index contributed by atoms with van der Waals surface area (Å²) in [5.74, 6) is 1.34. The van der Waals surface area contributed by atoms with Crippen molar-refractivity contribution in [1.29, 1.82) is 0 Å². The van der Waals surface area contributed by atoms with Crippen LogP contribution in [0.25, 0.3) is 0 Å². The lowest BCUT2D eigenvalue weighted by atomic mass is 10.2. The van der Waals surface area contributed by atoms with Crippen molar-refractivity contribution in [2.45, 2.75) is 68.4 Å². The van der Waals surface area contributed by atoms with Gasteiger partial charge < -0.3 is 10.1 Å². The first-order valence-electron chi connectivity index (χ1n) is 11.8. The summed E-state index contributed by atoms with van der Waals surface area (Å²) in [6.45, 7) is 17.6. The summed E-state index contributed by atoms with van der Waals surface area (Å²) in [5.41, 5.74) is 3.32. The van der Waals surface area contributed by atoms with Gasteiger partial charge in [0, 0.05) is 24.5 Å². The molecule has 0 spiro atoms. The lowest BCUT2D eigenvalue weighted by Crippen LogP contribution is -2.20. The van der Waals surface area contributed by atoms with Crippen LogP contribution in [0.15, 0.2) is 64.9 Å². The first-order chi connectivity index (χ1) is 15.7. The zero-order chi connectivity index (χ0) is 25.2. The largest absolute Gasteiger partial charge is 0.497 e. The van der Waals surface area contributed by atoms with Crippen LogP contribution in [0.2, 0.25) is 0 Å². The summed E-state index contributed by atoms with van der Waals surface area (Å²) in [7, 11) is 3.64. The molecular weight excluding hydrogens is 418 g/mol. The molecule has 1 N–H and O–H groups in total. The molecule has 0 heterocycles. The maximum absolute atomic E-state index is 5.73. The molecule has 0 unspecified atom stereocenters. The lowest BCUT2D eigenvalue weighted by Gasteiger charge is -2.23. The van der Waals surface area contributed by atoms with Crippen molar-refractivity contribution < 1.29 is 4.74 Å². The Labute approximate surface area is 204 Å². The van der Waals surface area contributed by atoms with E-state index in [-0.39, 0.29) is 0 Å².